The third-order valence-corrected chi connectivity index (χ3v) is 9.23. The Morgan fingerprint density at radius 1 is 0.969 bits per heavy atom. The first kappa shape index (κ1) is 25.2. The van der Waals surface area contributed by atoms with Gasteiger partial charge in [-0.25, -0.2) is 17.2 Å². The van der Waals surface area contributed by atoms with E-state index in [4.69, 9.17) is 0 Å². The zero-order valence-corrected chi connectivity index (χ0v) is 20.5. The van der Waals surface area contributed by atoms with E-state index in [-0.39, 0.29) is 24.4 Å². The van der Waals surface area contributed by atoms with Crippen LogP contribution in [0.3, 0.4) is 0 Å². The fourth-order valence-electron chi connectivity index (χ4n) is 5.52. The maximum absolute atomic E-state index is 14.0. The predicted molar refractivity (Wildman–Crippen MR) is 123 cm³/mol. The van der Waals surface area contributed by atoms with E-state index in [1.165, 1.54) is 4.31 Å². The first-order chi connectivity index (χ1) is 14.9. The molecule has 1 aromatic rings. The van der Waals surface area contributed by atoms with Gasteiger partial charge in [0.2, 0.25) is 15.9 Å². The molecule has 0 N–H and O–H groups in total. The number of halogens is 2. The van der Waals surface area contributed by atoms with Crippen LogP contribution in [0.1, 0.15) is 72.5 Å². The van der Waals surface area contributed by atoms with E-state index in [2.05, 4.69) is 4.90 Å². The smallest absolute Gasteiger partial charge is 0.248 e. The number of rotatable bonds is 7. The van der Waals surface area contributed by atoms with Gasteiger partial charge in [0.1, 0.15) is 0 Å². The van der Waals surface area contributed by atoms with Crippen LogP contribution in [0.4, 0.5) is 8.78 Å². The fraction of sp³-hybridized carbons (Fsp3) is 0.708. The second-order valence-electron chi connectivity index (χ2n) is 9.56. The summed E-state index contributed by atoms with van der Waals surface area (Å²) in [6, 6.07) is 4.01. The second kappa shape index (κ2) is 9.47. The van der Waals surface area contributed by atoms with Crippen LogP contribution < -0.4 is 0 Å². The van der Waals surface area contributed by atoms with Gasteiger partial charge in [0.25, 0.3) is 0 Å². The number of carbonyl (C=O) groups is 1. The molecular formula is C24H36F2N2O3S. The summed E-state index contributed by atoms with van der Waals surface area (Å²) in [5.74, 6) is -2.54. The molecule has 180 valence electrons. The van der Waals surface area contributed by atoms with Crippen molar-refractivity contribution in [1.29, 1.82) is 0 Å². The minimum atomic E-state index is -3.26. The van der Waals surface area contributed by atoms with Crippen LogP contribution in [0.25, 0.3) is 0 Å². The standard InChI is InChI=1S/C24H36F2N2O3S/c1-5-32(30,31)28-14-12-27(13-15-28)23(8-10-24(25,26)11-9-23)7-6-21(29)22-19(3)16-18(2)17-20(22)4/h16-17H,5-15H2,1-4H3. The van der Waals surface area contributed by atoms with Crippen molar-refractivity contribution < 1.29 is 22.0 Å². The molecule has 1 saturated heterocycles. The number of nitrogens with zero attached hydrogens (tertiary/aromatic N) is 2. The molecule has 0 atom stereocenters. The van der Waals surface area contributed by atoms with E-state index < -0.39 is 21.5 Å². The molecule has 0 amide bonds. The quantitative estimate of drug-likeness (QED) is 0.551. The second-order valence-corrected chi connectivity index (χ2v) is 11.8. The highest BCUT2D eigenvalue weighted by molar-refractivity contribution is 7.89. The summed E-state index contributed by atoms with van der Waals surface area (Å²) in [5, 5.41) is 0. The van der Waals surface area contributed by atoms with Gasteiger partial charge in [-0.2, -0.15) is 4.31 Å². The van der Waals surface area contributed by atoms with E-state index in [0.29, 0.717) is 51.9 Å². The van der Waals surface area contributed by atoms with Crippen LogP contribution >= 0.6 is 0 Å². The van der Waals surface area contributed by atoms with Gasteiger partial charge in [0.15, 0.2) is 5.78 Å². The van der Waals surface area contributed by atoms with Crippen LogP contribution in [0.2, 0.25) is 0 Å². The van der Waals surface area contributed by atoms with Crippen molar-refractivity contribution in [2.24, 2.45) is 0 Å². The summed E-state index contributed by atoms with van der Waals surface area (Å²) in [4.78, 5) is 15.3. The molecule has 3 rings (SSSR count). The lowest BCUT2D eigenvalue weighted by Crippen LogP contribution is -2.60. The molecule has 2 aliphatic rings. The lowest BCUT2D eigenvalue weighted by atomic mass is 9.74. The zero-order valence-electron chi connectivity index (χ0n) is 19.7. The van der Waals surface area contributed by atoms with Gasteiger partial charge in [0, 0.05) is 56.5 Å². The summed E-state index contributed by atoms with van der Waals surface area (Å²) in [7, 11) is -3.26. The van der Waals surface area contributed by atoms with Crippen molar-refractivity contribution in [2.75, 3.05) is 31.9 Å². The Morgan fingerprint density at radius 3 is 2.00 bits per heavy atom. The summed E-state index contributed by atoms with van der Waals surface area (Å²) >= 11 is 0. The Hall–Kier alpha value is -1.38. The Bertz CT molecular complexity index is 921. The van der Waals surface area contributed by atoms with Crippen molar-refractivity contribution in [3.63, 3.8) is 0 Å². The molecule has 0 unspecified atom stereocenters. The molecule has 1 aliphatic carbocycles. The Labute approximate surface area is 191 Å². The SMILES string of the molecule is CCS(=O)(=O)N1CCN(C2(CCC(=O)c3c(C)cc(C)cc3C)CCC(F)(F)CC2)CC1. The molecule has 0 aromatic heterocycles. The predicted octanol–water partition coefficient (Wildman–Crippen LogP) is 4.49. The lowest BCUT2D eigenvalue weighted by molar-refractivity contribution is -0.0891. The number of alkyl halides is 2. The molecular weight excluding hydrogens is 434 g/mol. The zero-order chi connectivity index (χ0) is 23.7. The van der Waals surface area contributed by atoms with Gasteiger partial charge < -0.3 is 0 Å². The summed E-state index contributed by atoms with van der Waals surface area (Å²) in [6.45, 7) is 9.30. The highest BCUT2D eigenvalue weighted by Gasteiger charge is 2.47. The third kappa shape index (κ3) is 5.39. The third-order valence-electron chi connectivity index (χ3n) is 7.35. The monoisotopic (exact) mass is 470 g/mol. The number of hydrogen-bond acceptors (Lipinski definition) is 4. The van der Waals surface area contributed by atoms with Gasteiger partial charge in [-0.3, -0.25) is 9.69 Å². The van der Waals surface area contributed by atoms with E-state index in [1.54, 1.807) is 6.92 Å². The number of benzene rings is 1. The molecule has 2 fully saturated rings. The number of hydrogen-bond donors (Lipinski definition) is 0. The first-order valence-corrected chi connectivity index (χ1v) is 13.2. The maximum Gasteiger partial charge on any atom is 0.248 e. The van der Waals surface area contributed by atoms with Gasteiger partial charge in [-0.05, 0) is 58.1 Å². The minimum absolute atomic E-state index is 0.0592. The van der Waals surface area contributed by atoms with Crippen molar-refractivity contribution in [1.82, 2.24) is 9.21 Å². The van der Waals surface area contributed by atoms with Crippen LogP contribution in [0.5, 0.6) is 0 Å². The summed E-state index contributed by atoms with van der Waals surface area (Å²) in [6.07, 6.45) is 1.13. The number of piperazine rings is 1. The van der Waals surface area contributed by atoms with Gasteiger partial charge in [0.05, 0.1) is 5.75 Å². The van der Waals surface area contributed by atoms with Gasteiger partial charge in [-0.15, -0.1) is 0 Å². The number of sulfonamides is 1. The molecule has 8 heteroatoms. The lowest BCUT2D eigenvalue weighted by Gasteiger charge is -2.51. The largest absolute Gasteiger partial charge is 0.295 e. The average Bonchev–Trinajstić information content (AvgIpc) is 2.73. The van der Waals surface area contributed by atoms with Crippen molar-refractivity contribution in [3.8, 4) is 0 Å². The summed E-state index contributed by atoms with van der Waals surface area (Å²) < 4.78 is 54.0. The van der Waals surface area contributed by atoms with Gasteiger partial charge in [-0.1, -0.05) is 17.7 Å². The molecule has 0 bridgehead atoms. The topological polar surface area (TPSA) is 57.7 Å². The molecule has 1 heterocycles. The van der Waals surface area contributed by atoms with Crippen molar-refractivity contribution in [2.45, 2.75) is 77.7 Å². The van der Waals surface area contributed by atoms with Crippen LogP contribution in [-0.4, -0.2) is 66.8 Å². The highest BCUT2D eigenvalue weighted by Crippen LogP contribution is 2.44. The molecule has 0 radical (unpaired) electrons. The molecule has 5 nitrogen and oxygen atoms in total. The van der Waals surface area contributed by atoms with E-state index in [1.807, 2.05) is 32.9 Å². The normalized spacial score (nSPS) is 22.1. The van der Waals surface area contributed by atoms with Crippen LogP contribution in [0.15, 0.2) is 12.1 Å². The Morgan fingerprint density at radius 2 is 1.50 bits per heavy atom. The molecule has 1 aliphatic heterocycles. The van der Waals surface area contributed by atoms with E-state index >= 15 is 0 Å². The van der Waals surface area contributed by atoms with Crippen molar-refractivity contribution >= 4 is 15.8 Å². The number of carbonyl (C=O) groups excluding carboxylic acids is 1. The Kier molecular flexibility index (Phi) is 7.47. The first-order valence-electron chi connectivity index (χ1n) is 11.6. The van der Waals surface area contributed by atoms with Gasteiger partial charge >= 0.3 is 0 Å². The van der Waals surface area contributed by atoms with Crippen LogP contribution in [0, 0.1) is 20.8 Å². The van der Waals surface area contributed by atoms with E-state index in [9.17, 15) is 22.0 Å². The molecule has 1 saturated carbocycles. The highest BCUT2D eigenvalue weighted by atomic mass is 32.2. The minimum Gasteiger partial charge on any atom is -0.295 e. The molecule has 32 heavy (non-hydrogen) atoms. The Balaban J connectivity index is 1.76. The average molecular weight is 471 g/mol. The summed E-state index contributed by atoms with van der Waals surface area (Å²) in [5.41, 5.74) is 3.28. The molecule has 1 aromatic carbocycles. The number of Topliss-reactive ketones (excluding diaryl/α,β-unsaturated/α-hetero) is 1. The maximum atomic E-state index is 14.0. The fourth-order valence-corrected chi connectivity index (χ4v) is 6.60. The number of ketones is 1. The molecule has 0 spiro atoms. The number of aryl methyl sites for hydroxylation is 3. The van der Waals surface area contributed by atoms with Crippen molar-refractivity contribution in [3.05, 3.63) is 34.4 Å². The van der Waals surface area contributed by atoms with E-state index in [0.717, 1.165) is 22.3 Å². The van der Waals surface area contributed by atoms with Crippen LogP contribution in [-0.2, 0) is 10.0 Å².